The van der Waals surface area contributed by atoms with Gasteiger partial charge in [0, 0.05) is 22.9 Å². The van der Waals surface area contributed by atoms with Gasteiger partial charge < -0.3 is 10.2 Å². The maximum Gasteiger partial charge on any atom is 0.264 e. The van der Waals surface area contributed by atoms with Crippen molar-refractivity contribution < 1.29 is 9.59 Å². The van der Waals surface area contributed by atoms with Gasteiger partial charge in [0.1, 0.15) is 0 Å². The molecule has 0 aliphatic heterocycles. The highest BCUT2D eigenvalue weighted by Crippen LogP contribution is 2.19. The molecule has 0 saturated heterocycles. The van der Waals surface area contributed by atoms with Crippen molar-refractivity contribution >= 4 is 35.8 Å². The van der Waals surface area contributed by atoms with Crippen molar-refractivity contribution in [2.75, 3.05) is 13.1 Å². The minimum absolute atomic E-state index is 0.0806. The first-order chi connectivity index (χ1) is 8.43. The topological polar surface area (TPSA) is 49.4 Å². The van der Waals surface area contributed by atoms with Crippen LogP contribution in [0.3, 0.4) is 0 Å². The summed E-state index contributed by atoms with van der Waals surface area (Å²) in [5.74, 6) is -0.260. The highest BCUT2D eigenvalue weighted by Gasteiger charge is 2.18. The number of nitrogens with one attached hydrogen (secondary N) is 1. The summed E-state index contributed by atoms with van der Waals surface area (Å²) in [5.41, 5.74) is 0. The number of amides is 2. The number of carbonyl (C=O) groups excluding carboxylic acids is 2. The van der Waals surface area contributed by atoms with Crippen molar-refractivity contribution in [1.82, 2.24) is 10.2 Å². The lowest BCUT2D eigenvalue weighted by molar-refractivity contribution is -0.122. The number of thiophene rings is 1. The Kier molecular flexibility index (Phi) is 5.68. The van der Waals surface area contributed by atoms with E-state index in [0.29, 0.717) is 11.4 Å². The molecule has 6 heteroatoms. The van der Waals surface area contributed by atoms with E-state index in [1.54, 1.807) is 11.4 Å². The Hall–Kier alpha value is -1.01. The molecule has 1 heterocycles. The minimum Gasteiger partial charge on any atom is -0.352 e. The fourth-order valence-electron chi connectivity index (χ4n) is 1.46. The summed E-state index contributed by atoms with van der Waals surface area (Å²) in [6.07, 6.45) is 0. The zero-order chi connectivity index (χ0) is 13.7. The summed E-state index contributed by atoms with van der Waals surface area (Å²) in [4.78, 5) is 26.7. The van der Waals surface area contributed by atoms with Crippen LogP contribution in [0.15, 0.2) is 16.3 Å². The van der Waals surface area contributed by atoms with E-state index in [1.165, 1.54) is 16.2 Å². The van der Waals surface area contributed by atoms with E-state index in [4.69, 9.17) is 0 Å². The standard InChI is InChI=1S/C12H18N2O2S2/c1-4-14(6-11(15)13-8(2)3)12(16)10-5-9(17)7-18-10/h5,7-8,17H,4,6H2,1-3H3,(H,13,15). The Balaban J connectivity index is 2.66. The van der Waals surface area contributed by atoms with Crippen LogP contribution in [0.4, 0.5) is 0 Å². The third-order valence-electron chi connectivity index (χ3n) is 2.25. The number of thiol groups is 1. The number of likely N-dealkylation sites (N-methyl/N-ethyl adjacent to an activating group) is 1. The minimum atomic E-state index is -0.136. The molecule has 1 N–H and O–H groups in total. The van der Waals surface area contributed by atoms with Crippen LogP contribution in [-0.4, -0.2) is 35.8 Å². The van der Waals surface area contributed by atoms with Crippen molar-refractivity contribution in [2.24, 2.45) is 0 Å². The summed E-state index contributed by atoms with van der Waals surface area (Å²) < 4.78 is 0. The van der Waals surface area contributed by atoms with Gasteiger partial charge >= 0.3 is 0 Å². The van der Waals surface area contributed by atoms with Crippen molar-refractivity contribution in [3.05, 3.63) is 16.3 Å². The Bertz CT molecular complexity index is 429. The second-order valence-electron chi connectivity index (χ2n) is 4.21. The third kappa shape index (κ3) is 4.34. The molecule has 18 heavy (non-hydrogen) atoms. The van der Waals surface area contributed by atoms with Crippen LogP contribution in [0, 0.1) is 0 Å². The molecule has 2 amide bonds. The van der Waals surface area contributed by atoms with Gasteiger partial charge in [-0.1, -0.05) is 0 Å². The normalized spacial score (nSPS) is 10.5. The van der Waals surface area contributed by atoms with Crippen LogP contribution >= 0.6 is 24.0 Å². The van der Waals surface area contributed by atoms with Crippen molar-refractivity contribution in [3.63, 3.8) is 0 Å². The molecular weight excluding hydrogens is 268 g/mol. The molecule has 0 spiro atoms. The van der Waals surface area contributed by atoms with E-state index in [2.05, 4.69) is 17.9 Å². The van der Waals surface area contributed by atoms with E-state index >= 15 is 0 Å². The summed E-state index contributed by atoms with van der Waals surface area (Å²) in [6, 6.07) is 1.80. The fraction of sp³-hybridized carbons (Fsp3) is 0.500. The van der Waals surface area contributed by atoms with Gasteiger partial charge in [0.25, 0.3) is 5.91 Å². The van der Waals surface area contributed by atoms with Crippen LogP contribution in [0.5, 0.6) is 0 Å². The van der Waals surface area contributed by atoms with Crippen LogP contribution in [0.2, 0.25) is 0 Å². The molecule has 100 valence electrons. The van der Waals surface area contributed by atoms with Crippen molar-refractivity contribution in [3.8, 4) is 0 Å². The third-order valence-corrected chi connectivity index (χ3v) is 3.60. The van der Waals surface area contributed by atoms with Crippen LogP contribution in [0.1, 0.15) is 30.4 Å². The molecule has 1 aromatic heterocycles. The first-order valence-electron chi connectivity index (χ1n) is 5.80. The molecule has 0 saturated carbocycles. The molecule has 0 aliphatic carbocycles. The first-order valence-corrected chi connectivity index (χ1v) is 7.12. The summed E-state index contributed by atoms with van der Waals surface area (Å²) in [7, 11) is 0. The van der Waals surface area contributed by atoms with E-state index in [1.807, 2.05) is 20.8 Å². The highest BCUT2D eigenvalue weighted by molar-refractivity contribution is 7.80. The summed E-state index contributed by atoms with van der Waals surface area (Å²) in [6.45, 7) is 6.23. The first kappa shape index (κ1) is 15.0. The lowest BCUT2D eigenvalue weighted by Crippen LogP contribution is -2.42. The average Bonchev–Trinajstić information content (AvgIpc) is 2.70. The van der Waals surface area contributed by atoms with E-state index in [-0.39, 0.29) is 24.4 Å². The molecule has 0 radical (unpaired) electrons. The van der Waals surface area contributed by atoms with Crippen LogP contribution in [-0.2, 0) is 4.79 Å². The zero-order valence-electron chi connectivity index (χ0n) is 10.8. The monoisotopic (exact) mass is 286 g/mol. The molecule has 0 bridgehead atoms. The number of hydrogen-bond donors (Lipinski definition) is 2. The van der Waals surface area contributed by atoms with Gasteiger partial charge in [0.2, 0.25) is 5.91 Å². The van der Waals surface area contributed by atoms with Gasteiger partial charge in [-0.25, -0.2) is 0 Å². The molecular formula is C12H18N2O2S2. The number of carbonyl (C=O) groups is 2. The van der Waals surface area contributed by atoms with Crippen LogP contribution < -0.4 is 5.32 Å². The van der Waals surface area contributed by atoms with Crippen LogP contribution in [0.25, 0.3) is 0 Å². The van der Waals surface area contributed by atoms with Gasteiger partial charge in [0.15, 0.2) is 0 Å². The summed E-state index contributed by atoms with van der Waals surface area (Å²) in [5, 5.41) is 4.58. The lowest BCUT2D eigenvalue weighted by Gasteiger charge is -2.20. The molecule has 0 atom stereocenters. The number of hydrogen-bond acceptors (Lipinski definition) is 4. The SMILES string of the molecule is CCN(CC(=O)NC(C)C)C(=O)c1cc(S)cs1. The largest absolute Gasteiger partial charge is 0.352 e. The Morgan fingerprint density at radius 3 is 2.61 bits per heavy atom. The van der Waals surface area contributed by atoms with Gasteiger partial charge in [-0.2, -0.15) is 0 Å². The average molecular weight is 286 g/mol. The van der Waals surface area contributed by atoms with E-state index in [9.17, 15) is 9.59 Å². The molecule has 1 aromatic rings. The van der Waals surface area contributed by atoms with Crippen molar-refractivity contribution in [2.45, 2.75) is 31.7 Å². The molecule has 0 aliphatic rings. The number of rotatable bonds is 5. The smallest absolute Gasteiger partial charge is 0.264 e. The number of nitrogens with zero attached hydrogens (tertiary/aromatic N) is 1. The quantitative estimate of drug-likeness (QED) is 0.814. The molecule has 4 nitrogen and oxygen atoms in total. The maximum absolute atomic E-state index is 12.1. The Morgan fingerprint density at radius 2 is 2.17 bits per heavy atom. The Labute approximate surface area is 117 Å². The zero-order valence-corrected chi connectivity index (χ0v) is 12.5. The van der Waals surface area contributed by atoms with Gasteiger partial charge in [0.05, 0.1) is 11.4 Å². The fourth-order valence-corrected chi connectivity index (χ4v) is 2.58. The molecule has 0 unspecified atom stereocenters. The van der Waals surface area contributed by atoms with Crippen molar-refractivity contribution in [1.29, 1.82) is 0 Å². The molecule has 0 fully saturated rings. The van der Waals surface area contributed by atoms with E-state index < -0.39 is 0 Å². The molecule has 0 aromatic carbocycles. The van der Waals surface area contributed by atoms with Gasteiger partial charge in [-0.3, -0.25) is 9.59 Å². The summed E-state index contributed by atoms with van der Waals surface area (Å²) >= 11 is 5.52. The second-order valence-corrected chi connectivity index (χ2v) is 5.64. The molecule has 1 rings (SSSR count). The lowest BCUT2D eigenvalue weighted by atomic mass is 10.3. The highest BCUT2D eigenvalue weighted by atomic mass is 32.1. The van der Waals surface area contributed by atoms with Gasteiger partial charge in [-0.15, -0.1) is 24.0 Å². The second kappa shape index (κ2) is 6.80. The predicted molar refractivity (Wildman–Crippen MR) is 76.4 cm³/mol. The predicted octanol–water partition coefficient (Wildman–Crippen LogP) is 2.02. The van der Waals surface area contributed by atoms with Gasteiger partial charge in [-0.05, 0) is 26.8 Å². The maximum atomic E-state index is 12.1. The Morgan fingerprint density at radius 1 is 1.50 bits per heavy atom. The van der Waals surface area contributed by atoms with E-state index in [0.717, 1.165) is 4.90 Å².